The Hall–Kier alpha value is -2.08. The molecule has 1 saturated heterocycles. The van der Waals surface area contributed by atoms with Gasteiger partial charge in [0.15, 0.2) is 0 Å². The van der Waals surface area contributed by atoms with E-state index < -0.39 is 0 Å². The maximum Gasteiger partial charge on any atom is 0.246 e. The Bertz CT molecular complexity index is 570. The first-order valence-electron chi connectivity index (χ1n) is 8.18. The third-order valence-electron chi connectivity index (χ3n) is 4.41. The number of piperazine rings is 1. The minimum absolute atomic E-state index is 0.0175. The lowest BCUT2D eigenvalue weighted by Crippen LogP contribution is -2.55. The van der Waals surface area contributed by atoms with Crippen molar-refractivity contribution >= 4 is 17.9 Å². The Labute approximate surface area is 136 Å². The number of carbonyl (C=O) groups excluding carboxylic acids is 2. The third kappa shape index (κ3) is 4.22. The molecular weight excluding hydrogens is 294 g/mol. The third-order valence-corrected chi connectivity index (χ3v) is 4.41. The van der Waals surface area contributed by atoms with E-state index in [2.05, 4.69) is 10.2 Å². The van der Waals surface area contributed by atoms with Gasteiger partial charge in [-0.15, -0.1) is 0 Å². The smallest absolute Gasteiger partial charge is 0.246 e. The summed E-state index contributed by atoms with van der Waals surface area (Å²) in [5.41, 5.74) is 0. The highest BCUT2D eigenvalue weighted by atomic mass is 16.3. The number of carbonyl (C=O) groups is 2. The summed E-state index contributed by atoms with van der Waals surface area (Å²) in [5, 5.41) is 3.04. The maximum atomic E-state index is 12.2. The molecule has 1 unspecified atom stereocenters. The van der Waals surface area contributed by atoms with Crippen LogP contribution >= 0.6 is 0 Å². The molecule has 1 aliphatic carbocycles. The SMILES string of the molecule is CC(C(=O)NC1CC1)N1CCN(C(=O)/C=C/c2ccco2)CC1. The van der Waals surface area contributed by atoms with E-state index in [-0.39, 0.29) is 17.9 Å². The highest BCUT2D eigenvalue weighted by Gasteiger charge is 2.30. The molecule has 1 saturated carbocycles. The van der Waals surface area contributed by atoms with Crippen molar-refractivity contribution in [2.24, 2.45) is 0 Å². The molecule has 2 fully saturated rings. The lowest BCUT2D eigenvalue weighted by Gasteiger charge is -2.37. The second kappa shape index (κ2) is 7.00. The van der Waals surface area contributed by atoms with Gasteiger partial charge in [0.05, 0.1) is 12.3 Å². The first-order chi connectivity index (χ1) is 11.1. The number of hydrogen-bond donors (Lipinski definition) is 1. The van der Waals surface area contributed by atoms with E-state index in [1.54, 1.807) is 23.3 Å². The highest BCUT2D eigenvalue weighted by Crippen LogP contribution is 2.19. The second-order valence-corrected chi connectivity index (χ2v) is 6.17. The van der Waals surface area contributed by atoms with Gasteiger partial charge >= 0.3 is 0 Å². The van der Waals surface area contributed by atoms with Gasteiger partial charge in [-0.2, -0.15) is 0 Å². The lowest BCUT2D eigenvalue weighted by atomic mass is 10.2. The fourth-order valence-corrected chi connectivity index (χ4v) is 2.69. The molecule has 0 aromatic carbocycles. The van der Waals surface area contributed by atoms with Gasteiger partial charge in [-0.05, 0) is 38.0 Å². The van der Waals surface area contributed by atoms with Crippen LogP contribution in [0.3, 0.4) is 0 Å². The van der Waals surface area contributed by atoms with Crippen LogP contribution in [0.1, 0.15) is 25.5 Å². The number of nitrogens with zero attached hydrogens (tertiary/aromatic N) is 2. The molecule has 2 heterocycles. The molecule has 0 radical (unpaired) electrons. The molecule has 1 aromatic heterocycles. The largest absolute Gasteiger partial charge is 0.465 e. The summed E-state index contributed by atoms with van der Waals surface area (Å²) >= 11 is 0. The van der Waals surface area contributed by atoms with Crippen molar-refractivity contribution in [2.75, 3.05) is 26.2 Å². The highest BCUT2D eigenvalue weighted by molar-refractivity contribution is 5.91. The Morgan fingerprint density at radius 2 is 2.04 bits per heavy atom. The molecule has 6 nitrogen and oxygen atoms in total. The molecule has 2 aliphatic rings. The minimum atomic E-state index is -0.133. The van der Waals surface area contributed by atoms with Crippen molar-refractivity contribution in [3.05, 3.63) is 30.2 Å². The van der Waals surface area contributed by atoms with Crippen molar-refractivity contribution in [3.63, 3.8) is 0 Å². The van der Waals surface area contributed by atoms with Crippen LogP contribution in [-0.2, 0) is 9.59 Å². The van der Waals surface area contributed by atoms with E-state index in [0.717, 1.165) is 25.9 Å². The normalized spacial score (nSPS) is 20.7. The molecule has 3 rings (SSSR count). The van der Waals surface area contributed by atoms with Gasteiger partial charge < -0.3 is 14.6 Å². The van der Waals surface area contributed by atoms with Crippen molar-refractivity contribution in [1.29, 1.82) is 0 Å². The van der Waals surface area contributed by atoms with Crippen LogP contribution in [0.2, 0.25) is 0 Å². The molecular formula is C17H23N3O3. The van der Waals surface area contributed by atoms with E-state index in [1.807, 2.05) is 13.0 Å². The summed E-state index contributed by atoms with van der Waals surface area (Å²) in [6.45, 7) is 4.66. The second-order valence-electron chi connectivity index (χ2n) is 6.17. The Morgan fingerprint density at radius 1 is 1.30 bits per heavy atom. The summed E-state index contributed by atoms with van der Waals surface area (Å²) in [7, 11) is 0. The van der Waals surface area contributed by atoms with E-state index in [1.165, 1.54) is 6.08 Å². The monoisotopic (exact) mass is 317 g/mol. The zero-order valence-electron chi connectivity index (χ0n) is 13.4. The van der Waals surface area contributed by atoms with E-state index >= 15 is 0 Å². The first-order valence-corrected chi connectivity index (χ1v) is 8.18. The predicted octanol–water partition coefficient (Wildman–Crippen LogP) is 1.10. The Kier molecular flexibility index (Phi) is 4.81. The summed E-state index contributed by atoms with van der Waals surface area (Å²) in [4.78, 5) is 28.2. The number of rotatable bonds is 5. The topological polar surface area (TPSA) is 65.8 Å². The van der Waals surface area contributed by atoms with Gasteiger partial charge in [-0.1, -0.05) is 0 Å². The predicted molar refractivity (Wildman–Crippen MR) is 86.5 cm³/mol. The zero-order chi connectivity index (χ0) is 16.2. The number of nitrogens with one attached hydrogen (secondary N) is 1. The number of furan rings is 1. The summed E-state index contributed by atoms with van der Waals surface area (Å²) in [6.07, 6.45) is 7.00. The van der Waals surface area contributed by atoms with Gasteiger partial charge in [-0.3, -0.25) is 14.5 Å². The molecule has 23 heavy (non-hydrogen) atoms. The summed E-state index contributed by atoms with van der Waals surface area (Å²) in [5.74, 6) is 0.753. The van der Waals surface area contributed by atoms with Gasteiger partial charge in [-0.25, -0.2) is 0 Å². The van der Waals surface area contributed by atoms with Crippen LogP contribution in [0, 0.1) is 0 Å². The molecule has 1 aromatic rings. The molecule has 0 bridgehead atoms. The van der Waals surface area contributed by atoms with Crippen LogP contribution in [0.4, 0.5) is 0 Å². The van der Waals surface area contributed by atoms with Gasteiger partial charge in [0.2, 0.25) is 11.8 Å². The molecule has 1 aliphatic heterocycles. The lowest BCUT2D eigenvalue weighted by molar-refractivity contribution is -0.130. The van der Waals surface area contributed by atoms with Crippen molar-refractivity contribution in [1.82, 2.24) is 15.1 Å². The number of amides is 2. The molecule has 1 atom stereocenters. The van der Waals surface area contributed by atoms with Crippen LogP contribution in [-0.4, -0.2) is 59.9 Å². The Balaban J connectivity index is 1.45. The Morgan fingerprint density at radius 3 is 2.65 bits per heavy atom. The van der Waals surface area contributed by atoms with Crippen molar-refractivity contribution in [2.45, 2.75) is 31.8 Å². The van der Waals surface area contributed by atoms with Gasteiger partial charge in [0.25, 0.3) is 0 Å². The van der Waals surface area contributed by atoms with Crippen molar-refractivity contribution in [3.8, 4) is 0 Å². The first kappa shape index (κ1) is 15.8. The van der Waals surface area contributed by atoms with Crippen LogP contribution in [0.5, 0.6) is 0 Å². The van der Waals surface area contributed by atoms with E-state index in [9.17, 15) is 9.59 Å². The quantitative estimate of drug-likeness (QED) is 0.826. The van der Waals surface area contributed by atoms with E-state index in [0.29, 0.717) is 24.9 Å². The average Bonchev–Trinajstić information content (AvgIpc) is 3.23. The standard InChI is InChI=1S/C17H23N3O3/c1-13(17(22)18-14-4-5-14)19-8-10-20(11-9-19)16(21)7-6-15-3-2-12-23-15/h2-3,6-7,12-14H,4-5,8-11H2,1H3,(H,18,22)/b7-6+. The van der Waals surface area contributed by atoms with Crippen molar-refractivity contribution < 1.29 is 14.0 Å². The van der Waals surface area contributed by atoms with Crippen LogP contribution in [0.15, 0.2) is 28.9 Å². The molecule has 2 amide bonds. The summed E-state index contributed by atoms with van der Waals surface area (Å²) < 4.78 is 5.17. The van der Waals surface area contributed by atoms with Crippen LogP contribution < -0.4 is 5.32 Å². The zero-order valence-corrected chi connectivity index (χ0v) is 13.4. The molecule has 1 N–H and O–H groups in total. The molecule has 124 valence electrons. The fraction of sp³-hybridized carbons (Fsp3) is 0.529. The minimum Gasteiger partial charge on any atom is -0.465 e. The van der Waals surface area contributed by atoms with Gasteiger partial charge in [0.1, 0.15) is 5.76 Å². The van der Waals surface area contributed by atoms with E-state index in [4.69, 9.17) is 4.42 Å². The average molecular weight is 317 g/mol. The molecule has 6 heteroatoms. The van der Waals surface area contributed by atoms with Gasteiger partial charge in [0, 0.05) is 38.3 Å². The summed E-state index contributed by atoms with van der Waals surface area (Å²) in [6, 6.07) is 3.85. The maximum absolute atomic E-state index is 12.2. The molecule has 0 spiro atoms. The number of hydrogen-bond acceptors (Lipinski definition) is 4. The fourth-order valence-electron chi connectivity index (χ4n) is 2.69. The van der Waals surface area contributed by atoms with Crippen LogP contribution in [0.25, 0.3) is 6.08 Å².